The van der Waals surface area contributed by atoms with Crippen molar-refractivity contribution in [3.05, 3.63) is 197 Å². The van der Waals surface area contributed by atoms with Gasteiger partial charge in [0.25, 0.3) is 20.0 Å². The summed E-state index contributed by atoms with van der Waals surface area (Å²) < 4.78 is 113. The molecule has 3 aliphatic heterocycles. The van der Waals surface area contributed by atoms with E-state index in [1.165, 1.54) is 93.3 Å². The summed E-state index contributed by atoms with van der Waals surface area (Å²) in [6.45, 7) is 17.2. The molecule has 1 aliphatic carbocycles. The molecule has 2 unspecified atom stereocenters. The van der Waals surface area contributed by atoms with Gasteiger partial charge in [0.1, 0.15) is 27.9 Å². The van der Waals surface area contributed by atoms with Gasteiger partial charge < -0.3 is 32.5 Å². The van der Waals surface area contributed by atoms with Crippen LogP contribution in [0, 0.1) is 26.7 Å². The average Bonchev–Trinajstić information content (AvgIpc) is 1.59. The number of aryl methyl sites for hydroxylation is 3. The number of esters is 4. The molecule has 4 aliphatic rings. The lowest BCUT2D eigenvalue weighted by atomic mass is 9.72. The summed E-state index contributed by atoms with van der Waals surface area (Å²) in [6, 6.07) is 22.9. The zero-order valence-corrected chi connectivity index (χ0v) is 54.7. The van der Waals surface area contributed by atoms with Crippen LogP contribution in [0.2, 0.25) is 0 Å². The van der Waals surface area contributed by atoms with E-state index < -0.39 is 53.8 Å². The first-order valence-corrected chi connectivity index (χ1v) is 32.3. The number of hydrogen-bond acceptors (Lipinski definition) is 21. The van der Waals surface area contributed by atoms with Crippen LogP contribution in [-0.4, -0.2) is 129 Å². The Morgan fingerprint density at radius 2 is 1.08 bits per heavy atom. The van der Waals surface area contributed by atoms with Crippen LogP contribution in [0.3, 0.4) is 0 Å². The van der Waals surface area contributed by atoms with Gasteiger partial charge >= 0.3 is 36.2 Å². The quantitative estimate of drug-likeness (QED) is 0.0361. The molecule has 3 atom stereocenters. The fourth-order valence-electron chi connectivity index (χ4n) is 8.90. The number of sulfone groups is 1. The summed E-state index contributed by atoms with van der Waals surface area (Å²) in [7, 11) is -5.92. The van der Waals surface area contributed by atoms with Crippen LogP contribution >= 0.6 is 11.6 Å². The Morgan fingerprint density at radius 3 is 1.48 bits per heavy atom. The molecule has 1 spiro atoms. The van der Waals surface area contributed by atoms with Crippen molar-refractivity contribution >= 4 is 88.8 Å². The SMILES string of the molecule is C1CC1.C=CCCS(=O)(=O)c1ccc(C)cc1.C=CCN(C=C(C(=O)OC)c1occc1C(=O)OC)S(=O)(=O)c1ccc(C)cc1.CC1=CC2CC3CN(S(=O)(=O)c4ccc(C)cc4)C=C(C)[C@@]13O2.COC(=O)C(=CCl)c1occc1C(=O)OC.O=C=O.O=C=O. The monoisotopic (exact) mass is 1330 g/mol. The summed E-state index contributed by atoms with van der Waals surface area (Å²) in [5.74, 6) is -2.77. The molecule has 0 radical (unpaired) electrons. The zero-order chi connectivity index (χ0) is 68.3. The van der Waals surface area contributed by atoms with Crippen molar-refractivity contribution in [1.82, 2.24) is 8.61 Å². The lowest BCUT2D eigenvalue weighted by Gasteiger charge is -2.42. The van der Waals surface area contributed by atoms with Crippen LogP contribution in [0.15, 0.2) is 181 Å². The summed E-state index contributed by atoms with van der Waals surface area (Å²) >= 11 is 5.48. The number of carbonyl (C=O) groups is 4. The predicted molar refractivity (Wildman–Crippen MR) is 331 cm³/mol. The highest BCUT2D eigenvalue weighted by Crippen LogP contribution is 2.54. The van der Waals surface area contributed by atoms with Crippen molar-refractivity contribution in [2.45, 2.75) is 93.1 Å². The predicted octanol–water partition coefficient (Wildman–Crippen LogP) is 9.94. The van der Waals surface area contributed by atoms with Gasteiger partial charge in [-0.15, -0.1) is 13.2 Å². The first kappa shape index (κ1) is 76.2. The van der Waals surface area contributed by atoms with Gasteiger partial charge in [-0.1, -0.05) is 102 Å². The van der Waals surface area contributed by atoms with Crippen LogP contribution < -0.4 is 0 Å². The van der Waals surface area contributed by atoms with Gasteiger partial charge in [-0.05, 0) is 107 Å². The smallest absolute Gasteiger partial charge is 0.373 e. The highest BCUT2D eigenvalue weighted by atomic mass is 35.5. The fraction of sp³-hybridized carbons (Fsp3) is 0.312. The molecule has 1 saturated heterocycles. The number of allylic oxidation sites excluding steroid dienone is 1. The van der Waals surface area contributed by atoms with E-state index in [9.17, 15) is 44.4 Å². The number of benzene rings is 3. The maximum absolute atomic E-state index is 13.1. The molecule has 27 heteroatoms. The van der Waals surface area contributed by atoms with Gasteiger partial charge in [0.15, 0.2) is 21.4 Å². The Hall–Kier alpha value is -9.00. The summed E-state index contributed by atoms with van der Waals surface area (Å²) in [5, 5.41) is 0. The minimum atomic E-state index is -4.03. The Kier molecular flexibility index (Phi) is 30.2. The van der Waals surface area contributed by atoms with Crippen molar-refractivity contribution in [3.63, 3.8) is 0 Å². The second-order valence-corrected chi connectivity index (χ2v) is 26.0. The highest BCUT2D eigenvalue weighted by Gasteiger charge is 2.57. The van der Waals surface area contributed by atoms with Crippen LogP contribution in [0.4, 0.5) is 0 Å². The van der Waals surface area contributed by atoms with E-state index in [4.69, 9.17) is 49.1 Å². The Morgan fingerprint density at radius 1 is 0.637 bits per heavy atom. The molecule has 488 valence electrons. The zero-order valence-electron chi connectivity index (χ0n) is 51.5. The third-order valence-corrected chi connectivity index (χ3v) is 18.9. The summed E-state index contributed by atoms with van der Waals surface area (Å²) in [6.07, 6.45) is 16.9. The van der Waals surface area contributed by atoms with E-state index >= 15 is 0 Å². The molecule has 3 aromatic carbocycles. The van der Waals surface area contributed by atoms with Gasteiger partial charge in [-0.25, -0.2) is 44.4 Å². The Balaban J connectivity index is 0.000000312. The molecule has 0 amide bonds. The maximum atomic E-state index is 13.1. The molecular formula is C64H71ClN2O21S3. The van der Waals surface area contributed by atoms with E-state index in [0.717, 1.165) is 51.8 Å². The van der Waals surface area contributed by atoms with E-state index in [2.05, 4.69) is 40.4 Å². The summed E-state index contributed by atoms with van der Waals surface area (Å²) in [5.41, 5.74) is 5.57. The van der Waals surface area contributed by atoms with Crippen LogP contribution in [0.1, 0.15) is 94.9 Å². The lowest BCUT2D eigenvalue weighted by Crippen LogP contribution is -2.48. The molecule has 23 nitrogen and oxygen atoms in total. The van der Waals surface area contributed by atoms with Crippen LogP contribution in [-0.2, 0) is 82.3 Å². The van der Waals surface area contributed by atoms with Crippen molar-refractivity contribution in [1.29, 1.82) is 0 Å². The van der Waals surface area contributed by atoms with Crippen molar-refractivity contribution < 1.29 is 96.1 Å². The number of furan rings is 2. The van der Waals surface area contributed by atoms with Crippen molar-refractivity contribution in [2.24, 2.45) is 5.92 Å². The molecule has 0 N–H and O–H groups in total. The van der Waals surface area contributed by atoms with Crippen molar-refractivity contribution in [2.75, 3.05) is 47.3 Å². The Labute approximate surface area is 534 Å². The number of rotatable bonds is 17. The van der Waals surface area contributed by atoms with Crippen LogP contribution in [0.5, 0.6) is 0 Å². The normalized spacial score (nSPS) is 16.6. The van der Waals surface area contributed by atoms with E-state index in [1.54, 1.807) is 60.8 Å². The number of halogens is 1. The molecule has 1 saturated carbocycles. The molecule has 5 heterocycles. The average molecular weight is 1340 g/mol. The van der Waals surface area contributed by atoms with Gasteiger partial charge in [-0.3, -0.25) is 8.61 Å². The number of ether oxygens (including phenoxy) is 5. The van der Waals surface area contributed by atoms with Gasteiger partial charge in [-0.2, -0.15) is 19.2 Å². The van der Waals surface area contributed by atoms with Crippen LogP contribution in [0.25, 0.3) is 11.1 Å². The maximum Gasteiger partial charge on any atom is 0.373 e. The second-order valence-electron chi connectivity index (χ2n) is 19.8. The molecule has 2 fully saturated rings. The lowest BCUT2D eigenvalue weighted by molar-refractivity contribution is -0.193. The standard InChI is InChI=1S/C20H21NO7S.C18H21NO3S.C11H14O2S.C10H9ClO5.C3H6.2CO2/c1-5-11-21(29(24,25)15-8-6-14(2)7-9-15)13-17(20(23)27-4)18-16(10-12-28-18)19(22)26-3;1-12-4-6-17(7-5-12)23(20,21)19-10-14(3)18-13(2)8-16(22-18)9-15(18)11-19;1-3-4-9-14(12,13)11-7-5-10(2)6-8-11;1-14-9(12)6-3-4-16-8(6)7(5-11)10(13)15-2;1-2-3-1;2*2-1-3/h5-10,12-13H,1,11H2,2-4H3;4-8,10,15-16H,9,11H2,1-3H3;3,5-8H,1,4,9H2,2H3;3-5H,1-2H3;1-3H2;;/t;15?,16?,18-;;;;;/m.0...../s1. The van der Waals surface area contributed by atoms with Gasteiger partial charge in [0, 0.05) is 30.4 Å². The van der Waals surface area contributed by atoms with E-state index in [1.807, 2.05) is 39.8 Å². The minimum absolute atomic E-state index is 0.0219. The second kappa shape index (κ2) is 36.0. The fourth-order valence-corrected chi connectivity index (χ4v) is 13.1. The van der Waals surface area contributed by atoms with E-state index in [0.29, 0.717) is 22.8 Å². The minimum Gasteiger partial charge on any atom is -0.465 e. The number of carbonyl (C=O) groups excluding carboxylic acids is 8. The number of hydrogen-bond donors (Lipinski definition) is 0. The molecule has 5 aromatic rings. The number of nitrogens with zero attached hydrogens (tertiary/aromatic N) is 2. The number of fused-ring (bicyclic) bond motifs is 1. The largest absolute Gasteiger partial charge is 0.465 e. The molecule has 2 bridgehead atoms. The molecule has 2 aromatic heterocycles. The first-order valence-electron chi connectivity index (χ1n) is 27.4. The van der Waals surface area contributed by atoms with Gasteiger partial charge in [0.2, 0.25) is 0 Å². The summed E-state index contributed by atoms with van der Waals surface area (Å²) in [4.78, 5) is 80.2. The van der Waals surface area contributed by atoms with Gasteiger partial charge in [0.05, 0.1) is 74.1 Å². The first-order chi connectivity index (χ1) is 43.1. The van der Waals surface area contributed by atoms with Crippen molar-refractivity contribution in [3.8, 4) is 0 Å². The molecule has 9 rings (SSSR count). The third-order valence-electron chi connectivity index (χ3n) is 13.5. The Bertz CT molecular complexity index is 3870. The van der Waals surface area contributed by atoms with E-state index in [-0.39, 0.29) is 80.9 Å². The number of methoxy groups -OCH3 is 4. The number of sulfonamides is 2. The molecular weight excluding hydrogens is 1260 g/mol. The highest BCUT2D eigenvalue weighted by molar-refractivity contribution is 7.91. The molecule has 91 heavy (non-hydrogen) atoms. The third kappa shape index (κ3) is 20.5. The topological polar surface area (TPSA) is 318 Å².